The monoisotopic (exact) mass is 232 g/mol. The van der Waals surface area contributed by atoms with E-state index in [9.17, 15) is 4.79 Å². The van der Waals surface area contributed by atoms with Crippen LogP contribution in [0.3, 0.4) is 0 Å². The minimum atomic E-state index is -0.458. The molecule has 0 saturated carbocycles. The van der Waals surface area contributed by atoms with Gasteiger partial charge in [0.2, 0.25) is 0 Å². The molecule has 0 aliphatic carbocycles. The summed E-state index contributed by atoms with van der Waals surface area (Å²) in [5, 5.41) is 0. The summed E-state index contributed by atoms with van der Waals surface area (Å²) >= 11 is 0. The van der Waals surface area contributed by atoms with Crippen molar-refractivity contribution in [1.29, 1.82) is 0 Å². The Morgan fingerprint density at radius 1 is 1.24 bits per heavy atom. The summed E-state index contributed by atoms with van der Waals surface area (Å²) in [7, 11) is 0. The average molecular weight is 232 g/mol. The molecule has 1 aromatic rings. The van der Waals surface area contributed by atoms with Gasteiger partial charge in [-0.15, -0.1) is 0 Å². The van der Waals surface area contributed by atoms with Gasteiger partial charge in [-0.1, -0.05) is 51.1 Å². The first-order chi connectivity index (χ1) is 7.99. The molecule has 1 aromatic carbocycles. The molecule has 1 aliphatic rings. The number of benzene rings is 1. The van der Waals surface area contributed by atoms with Gasteiger partial charge in [-0.3, -0.25) is 4.79 Å². The summed E-state index contributed by atoms with van der Waals surface area (Å²) in [6, 6.07) is 10.1. The Bertz CT molecular complexity index is 424. The molecule has 0 N–H and O–H groups in total. The Labute approximate surface area is 103 Å². The highest BCUT2D eigenvalue weighted by molar-refractivity contribution is 5.85. The van der Waals surface area contributed by atoms with Gasteiger partial charge in [0.15, 0.2) is 5.60 Å². The maximum absolute atomic E-state index is 11.9. The van der Waals surface area contributed by atoms with Crippen LogP contribution in [-0.4, -0.2) is 5.97 Å². The van der Waals surface area contributed by atoms with Crippen LogP contribution < -0.4 is 0 Å². The molecule has 2 heteroatoms. The molecule has 0 radical (unpaired) electrons. The topological polar surface area (TPSA) is 26.3 Å². The number of hydrogen-bond acceptors (Lipinski definition) is 2. The zero-order chi connectivity index (χ0) is 12.7. The molecular weight excluding hydrogens is 212 g/mol. The molecule has 2 unspecified atom stereocenters. The number of carbonyl (C=O) groups is 1. The Morgan fingerprint density at radius 3 is 2.24 bits per heavy atom. The van der Waals surface area contributed by atoms with Crippen molar-refractivity contribution in [3.63, 3.8) is 0 Å². The molecule has 1 aliphatic heterocycles. The summed E-state index contributed by atoms with van der Waals surface area (Å²) in [6.45, 7) is 8.31. The first kappa shape index (κ1) is 12.2. The summed E-state index contributed by atoms with van der Waals surface area (Å²) in [6.07, 6.45) is 0.804. The van der Waals surface area contributed by atoms with Gasteiger partial charge in [0.1, 0.15) is 5.41 Å². The second-order valence-corrected chi connectivity index (χ2v) is 5.33. The summed E-state index contributed by atoms with van der Waals surface area (Å²) < 4.78 is 5.64. The van der Waals surface area contributed by atoms with Crippen molar-refractivity contribution < 1.29 is 9.53 Å². The zero-order valence-corrected chi connectivity index (χ0v) is 11.0. The van der Waals surface area contributed by atoms with E-state index in [2.05, 4.69) is 32.9 Å². The van der Waals surface area contributed by atoms with Gasteiger partial charge in [0.25, 0.3) is 0 Å². The maximum Gasteiger partial charge on any atom is 0.317 e. The Hall–Kier alpha value is -1.31. The largest absolute Gasteiger partial charge is 0.452 e. The predicted octanol–water partition coefficient (Wildman–Crippen LogP) is 3.51. The Morgan fingerprint density at radius 2 is 1.82 bits per heavy atom. The molecule has 2 rings (SSSR count). The predicted molar refractivity (Wildman–Crippen MR) is 67.4 cm³/mol. The number of rotatable bonds is 3. The van der Waals surface area contributed by atoms with E-state index in [1.807, 2.05) is 25.1 Å². The number of esters is 1. The fourth-order valence-corrected chi connectivity index (χ4v) is 3.04. The van der Waals surface area contributed by atoms with E-state index in [1.165, 1.54) is 0 Å². The first-order valence-electron chi connectivity index (χ1n) is 6.28. The van der Waals surface area contributed by atoms with Gasteiger partial charge in [-0.2, -0.15) is 0 Å². The van der Waals surface area contributed by atoms with Crippen LogP contribution in [0.2, 0.25) is 0 Å². The van der Waals surface area contributed by atoms with Gasteiger partial charge in [0.05, 0.1) is 0 Å². The van der Waals surface area contributed by atoms with E-state index in [0.29, 0.717) is 0 Å². The minimum Gasteiger partial charge on any atom is -0.452 e. The second kappa shape index (κ2) is 3.86. The molecule has 1 fully saturated rings. The molecule has 0 spiro atoms. The third-order valence-corrected chi connectivity index (χ3v) is 4.25. The fraction of sp³-hybridized carbons (Fsp3) is 0.533. The van der Waals surface area contributed by atoms with Crippen molar-refractivity contribution in [3.05, 3.63) is 35.9 Å². The van der Waals surface area contributed by atoms with Crippen LogP contribution in [0.5, 0.6) is 0 Å². The quantitative estimate of drug-likeness (QED) is 0.745. The standard InChI is InChI=1S/C15H20O2/c1-5-14(4)13(16)17-15(14,11(2)3)12-9-7-6-8-10-12/h6-11H,5H2,1-4H3. The molecule has 1 saturated heterocycles. The second-order valence-electron chi connectivity index (χ2n) is 5.33. The summed E-state index contributed by atoms with van der Waals surface area (Å²) in [5.41, 5.74) is 0.252. The summed E-state index contributed by atoms with van der Waals surface area (Å²) in [5.74, 6) is 0.199. The van der Waals surface area contributed by atoms with Crippen LogP contribution in [0.4, 0.5) is 0 Å². The Balaban J connectivity index is 2.54. The third-order valence-electron chi connectivity index (χ3n) is 4.25. The smallest absolute Gasteiger partial charge is 0.317 e. The van der Waals surface area contributed by atoms with Crippen LogP contribution in [-0.2, 0) is 15.1 Å². The summed E-state index contributed by atoms with van der Waals surface area (Å²) in [4.78, 5) is 11.9. The number of carbonyl (C=O) groups excluding carboxylic acids is 1. The van der Waals surface area contributed by atoms with Crippen LogP contribution in [0.25, 0.3) is 0 Å². The van der Waals surface area contributed by atoms with Crippen molar-refractivity contribution >= 4 is 5.97 Å². The Kier molecular flexibility index (Phi) is 2.76. The lowest BCUT2D eigenvalue weighted by Crippen LogP contribution is -2.65. The fourth-order valence-electron chi connectivity index (χ4n) is 3.04. The van der Waals surface area contributed by atoms with Crippen molar-refractivity contribution in [1.82, 2.24) is 0 Å². The van der Waals surface area contributed by atoms with Gasteiger partial charge < -0.3 is 4.74 Å². The van der Waals surface area contributed by atoms with Crippen LogP contribution in [0, 0.1) is 11.3 Å². The van der Waals surface area contributed by atoms with Gasteiger partial charge in [-0.05, 0) is 24.8 Å². The number of hydrogen-bond donors (Lipinski definition) is 0. The van der Waals surface area contributed by atoms with Crippen molar-refractivity contribution in [2.24, 2.45) is 11.3 Å². The van der Waals surface area contributed by atoms with Gasteiger partial charge in [-0.25, -0.2) is 0 Å². The maximum atomic E-state index is 11.9. The number of ether oxygens (including phenoxy) is 1. The normalized spacial score (nSPS) is 32.2. The molecule has 2 nitrogen and oxygen atoms in total. The van der Waals surface area contributed by atoms with Crippen molar-refractivity contribution in [2.45, 2.75) is 39.7 Å². The molecule has 92 valence electrons. The van der Waals surface area contributed by atoms with E-state index < -0.39 is 11.0 Å². The molecule has 1 heterocycles. The van der Waals surface area contributed by atoms with E-state index >= 15 is 0 Å². The highest BCUT2D eigenvalue weighted by atomic mass is 16.6. The van der Waals surface area contributed by atoms with Crippen molar-refractivity contribution in [3.8, 4) is 0 Å². The highest BCUT2D eigenvalue weighted by Gasteiger charge is 2.67. The van der Waals surface area contributed by atoms with Gasteiger partial charge in [0, 0.05) is 0 Å². The lowest BCUT2D eigenvalue weighted by molar-refractivity contribution is -0.259. The van der Waals surface area contributed by atoms with E-state index in [1.54, 1.807) is 0 Å². The minimum absolute atomic E-state index is 0.0717. The lowest BCUT2D eigenvalue weighted by Gasteiger charge is -2.57. The number of cyclic esters (lactones) is 1. The zero-order valence-electron chi connectivity index (χ0n) is 11.0. The third kappa shape index (κ3) is 1.36. The lowest BCUT2D eigenvalue weighted by atomic mass is 9.58. The molecule has 0 amide bonds. The van der Waals surface area contributed by atoms with Crippen LogP contribution >= 0.6 is 0 Å². The highest BCUT2D eigenvalue weighted by Crippen LogP contribution is 2.58. The van der Waals surface area contributed by atoms with E-state index in [-0.39, 0.29) is 11.9 Å². The SMILES string of the molecule is CCC1(C)C(=O)OC1(c1ccccc1)C(C)C. The van der Waals surface area contributed by atoms with Crippen LogP contribution in [0.15, 0.2) is 30.3 Å². The average Bonchev–Trinajstić information content (AvgIpc) is 2.35. The molecule has 2 atom stereocenters. The van der Waals surface area contributed by atoms with E-state index in [4.69, 9.17) is 4.74 Å². The van der Waals surface area contributed by atoms with Crippen molar-refractivity contribution in [2.75, 3.05) is 0 Å². The van der Waals surface area contributed by atoms with Crippen LogP contribution in [0.1, 0.15) is 39.7 Å². The molecule has 0 bridgehead atoms. The molecule has 17 heavy (non-hydrogen) atoms. The van der Waals surface area contributed by atoms with E-state index in [0.717, 1.165) is 12.0 Å². The first-order valence-corrected chi connectivity index (χ1v) is 6.28. The van der Waals surface area contributed by atoms with Gasteiger partial charge >= 0.3 is 5.97 Å². The molecular formula is C15H20O2. The molecule has 0 aromatic heterocycles.